The highest BCUT2D eigenvalue weighted by atomic mass is 16.1. The van der Waals surface area contributed by atoms with Crippen LogP contribution in [0.15, 0.2) is 85.1 Å². The second-order valence-electron chi connectivity index (χ2n) is 6.86. The lowest BCUT2D eigenvalue weighted by molar-refractivity contribution is -0.114. The van der Waals surface area contributed by atoms with Crippen LogP contribution in [0.2, 0.25) is 0 Å². The van der Waals surface area contributed by atoms with Crippen molar-refractivity contribution in [3.8, 4) is 0 Å². The van der Waals surface area contributed by atoms with Crippen molar-refractivity contribution in [1.29, 1.82) is 0 Å². The van der Waals surface area contributed by atoms with Crippen LogP contribution in [0.3, 0.4) is 0 Å². The van der Waals surface area contributed by atoms with Gasteiger partial charge in [0.15, 0.2) is 5.78 Å². The second kappa shape index (κ2) is 8.02. The number of hydrogen-bond donors (Lipinski definition) is 3. The number of H-pyrrole nitrogens is 1. The van der Waals surface area contributed by atoms with Gasteiger partial charge in [-0.05, 0) is 29.8 Å². The Balaban J connectivity index is 1.71. The van der Waals surface area contributed by atoms with Crippen molar-refractivity contribution in [2.24, 2.45) is 0 Å². The Labute approximate surface area is 168 Å². The maximum Gasteiger partial charge on any atom is 0.221 e. The lowest BCUT2D eigenvalue weighted by atomic mass is 9.96. The van der Waals surface area contributed by atoms with Gasteiger partial charge >= 0.3 is 0 Å². The molecule has 29 heavy (non-hydrogen) atoms. The van der Waals surface area contributed by atoms with E-state index in [1.54, 1.807) is 6.20 Å². The van der Waals surface area contributed by atoms with Gasteiger partial charge in [-0.3, -0.25) is 9.59 Å². The average molecular weight is 383 g/mol. The number of hydrogen-bond acceptors (Lipinski definition) is 3. The van der Waals surface area contributed by atoms with Crippen LogP contribution in [-0.4, -0.2) is 16.7 Å². The zero-order valence-electron chi connectivity index (χ0n) is 16.0. The predicted molar refractivity (Wildman–Crippen MR) is 116 cm³/mol. The molecule has 1 heterocycles. The molecule has 0 aliphatic heterocycles. The van der Waals surface area contributed by atoms with Crippen molar-refractivity contribution in [2.45, 2.75) is 13.0 Å². The van der Waals surface area contributed by atoms with Crippen molar-refractivity contribution >= 4 is 34.0 Å². The number of aromatic nitrogens is 1. The summed E-state index contributed by atoms with van der Waals surface area (Å²) < 4.78 is 0. The minimum atomic E-state index is -0.567. The molecule has 0 bridgehead atoms. The fraction of sp³-hybridized carbons (Fsp3) is 0.0833. The summed E-state index contributed by atoms with van der Waals surface area (Å²) >= 11 is 0. The first-order valence-corrected chi connectivity index (χ1v) is 9.41. The van der Waals surface area contributed by atoms with Crippen molar-refractivity contribution < 1.29 is 9.59 Å². The van der Waals surface area contributed by atoms with Crippen molar-refractivity contribution in [2.75, 3.05) is 10.6 Å². The fourth-order valence-electron chi connectivity index (χ4n) is 3.43. The molecule has 0 aliphatic rings. The van der Waals surface area contributed by atoms with E-state index in [4.69, 9.17) is 0 Å². The Bertz CT molecular complexity index is 1160. The van der Waals surface area contributed by atoms with Gasteiger partial charge in [-0.25, -0.2) is 0 Å². The standard InChI is InChI=1S/C24H21N3O2/c1-16(28)26-18-10-7-11-19(14-18)27-23(17-8-3-2-4-9-17)24(29)21-15-25-22-13-6-5-12-20(21)22/h2-15,23,25,27H,1H3,(H,26,28)/t23-/m1/s1. The fourth-order valence-corrected chi connectivity index (χ4v) is 3.43. The second-order valence-corrected chi connectivity index (χ2v) is 6.86. The summed E-state index contributed by atoms with van der Waals surface area (Å²) in [6.07, 6.45) is 1.76. The minimum Gasteiger partial charge on any atom is -0.371 e. The smallest absolute Gasteiger partial charge is 0.221 e. The van der Waals surface area contributed by atoms with Gasteiger partial charge in [0, 0.05) is 41.0 Å². The minimum absolute atomic E-state index is 0.0291. The number of carbonyl (C=O) groups is 2. The number of Topliss-reactive ketones (excluding diaryl/α,β-unsaturated/α-hetero) is 1. The van der Waals surface area contributed by atoms with Gasteiger partial charge in [0.05, 0.1) is 0 Å². The molecule has 5 nitrogen and oxygen atoms in total. The van der Waals surface area contributed by atoms with E-state index in [-0.39, 0.29) is 11.7 Å². The molecule has 0 radical (unpaired) electrons. The summed E-state index contributed by atoms with van der Waals surface area (Å²) in [6.45, 7) is 1.47. The molecule has 0 unspecified atom stereocenters. The van der Waals surface area contributed by atoms with Gasteiger partial charge in [0.2, 0.25) is 5.91 Å². The summed E-state index contributed by atoms with van der Waals surface area (Å²) in [5, 5.41) is 7.01. The van der Waals surface area contributed by atoms with Gasteiger partial charge in [-0.2, -0.15) is 0 Å². The number of aromatic amines is 1. The van der Waals surface area contributed by atoms with E-state index in [1.807, 2.05) is 78.9 Å². The molecule has 0 saturated heterocycles. The molecule has 144 valence electrons. The molecule has 3 aromatic carbocycles. The highest BCUT2D eigenvalue weighted by Gasteiger charge is 2.24. The number of rotatable bonds is 6. The first-order chi connectivity index (χ1) is 14.1. The van der Waals surface area contributed by atoms with Crippen LogP contribution >= 0.6 is 0 Å². The summed E-state index contributed by atoms with van der Waals surface area (Å²) in [5.41, 5.74) is 3.86. The van der Waals surface area contributed by atoms with Gasteiger partial charge in [-0.1, -0.05) is 54.6 Å². The lowest BCUT2D eigenvalue weighted by Crippen LogP contribution is -2.21. The lowest BCUT2D eigenvalue weighted by Gasteiger charge is -2.20. The number of carbonyl (C=O) groups excluding carboxylic acids is 2. The van der Waals surface area contributed by atoms with Gasteiger partial charge in [0.1, 0.15) is 6.04 Å². The van der Waals surface area contributed by atoms with Crippen molar-refractivity contribution in [3.63, 3.8) is 0 Å². The van der Waals surface area contributed by atoms with Crippen LogP contribution in [-0.2, 0) is 4.79 Å². The Morgan fingerprint density at radius 2 is 1.59 bits per heavy atom. The van der Waals surface area contributed by atoms with E-state index in [2.05, 4.69) is 15.6 Å². The van der Waals surface area contributed by atoms with E-state index < -0.39 is 6.04 Å². The van der Waals surface area contributed by atoms with Crippen LogP contribution in [0, 0.1) is 0 Å². The predicted octanol–water partition coefficient (Wildman–Crippen LogP) is 5.16. The molecule has 3 N–H and O–H groups in total. The molecule has 1 amide bonds. The largest absolute Gasteiger partial charge is 0.371 e. The highest BCUT2D eigenvalue weighted by Crippen LogP contribution is 2.28. The third-order valence-corrected chi connectivity index (χ3v) is 4.74. The molecule has 1 aromatic heterocycles. The normalized spacial score (nSPS) is 11.8. The highest BCUT2D eigenvalue weighted by molar-refractivity contribution is 6.11. The summed E-state index contributed by atoms with van der Waals surface area (Å²) in [4.78, 5) is 28.1. The SMILES string of the molecule is CC(=O)Nc1cccc(N[C@@H](C(=O)c2c[nH]c3ccccc23)c2ccccc2)c1. The maximum atomic E-state index is 13.5. The molecule has 0 aliphatic carbocycles. The molecule has 5 heteroatoms. The molecular formula is C24H21N3O2. The van der Waals surface area contributed by atoms with Crippen molar-refractivity contribution in [3.05, 3.63) is 96.2 Å². The number of nitrogens with one attached hydrogen (secondary N) is 3. The average Bonchev–Trinajstić information content (AvgIpc) is 3.16. The van der Waals surface area contributed by atoms with Crippen LogP contribution in [0.1, 0.15) is 28.9 Å². The molecule has 0 fully saturated rings. The van der Waals surface area contributed by atoms with Crippen LogP contribution in [0.5, 0.6) is 0 Å². The number of fused-ring (bicyclic) bond motifs is 1. The Kier molecular flexibility index (Phi) is 5.12. The van der Waals surface area contributed by atoms with Gasteiger partial charge in [0.25, 0.3) is 0 Å². The zero-order valence-corrected chi connectivity index (χ0v) is 16.0. The van der Waals surface area contributed by atoms with Crippen LogP contribution < -0.4 is 10.6 Å². The van der Waals surface area contributed by atoms with E-state index in [0.29, 0.717) is 11.3 Å². The van der Waals surface area contributed by atoms with Gasteiger partial charge < -0.3 is 15.6 Å². The zero-order chi connectivity index (χ0) is 20.2. The Morgan fingerprint density at radius 3 is 2.38 bits per heavy atom. The van der Waals surface area contributed by atoms with Crippen LogP contribution in [0.4, 0.5) is 11.4 Å². The summed E-state index contributed by atoms with van der Waals surface area (Å²) in [6, 6.07) is 24.2. The summed E-state index contributed by atoms with van der Waals surface area (Å²) in [5.74, 6) is -0.171. The monoisotopic (exact) mass is 383 g/mol. The van der Waals surface area contributed by atoms with Crippen molar-refractivity contribution in [1.82, 2.24) is 4.98 Å². The van der Waals surface area contributed by atoms with E-state index in [9.17, 15) is 9.59 Å². The van der Waals surface area contributed by atoms with E-state index >= 15 is 0 Å². The molecule has 1 atom stereocenters. The molecule has 0 saturated carbocycles. The number of ketones is 1. The number of para-hydroxylation sites is 1. The van der Waals surface area contributed by atoms with E-state index in [0.717, 1.165) is 22.2 Å². The summed E-state index contributed by atoms with van der Waals surface area (Å²) in [7, 11) is 0. The number of amides is 1. The first-order valence-electron chi connectivity index (χ1n) is 9.41. The Hall–Kier alpha value is -3.86. The quantitative estimate of drug-likeness (QED) is 0.403. The number of anilines is 2. The molecule has 4 rings (SSSR count). The van der Waals surface area contributed by atoms with Crippen LogP contribution in [0.25, 0.3) is 10.9 Å². The molecule has 4 aromatic rings. The first kappa shape index (κ1) is 18.5. The topological polar surface area (TPSA) is 74.0 Å². The Morgan fingerprint density at radius 1 is 0.862 bits per heavy atom. The van der Waals surface area contributed by atoms with E-state index in [1.165, 1.54) is 6.92 Å². The third-order valence-electron chi connectivity index (χ3n) is 4.74. The third kappa shape index (κ3) is 4.04. The van der Waals surface area contributed by atoms with Gasteiger partial charge in [-0.15, -0.1) is 0 Å². The molecule has 0 spiro atoms. The maximum absolute atomic E-state index is 13.5. The molecular weight excluding hydrogens is 362 g/mol. The number of benzene rings is 3.